The standard InChI is InChI=1S/C17H22N2O2/c1-12-6-5-9-19-14(12)11-15(18-2)13-7-8-16(20-3)17(10-13)21-4/h5-10,15,18H,11H2,1-4H3. The fourth-order valence-electron chi connectivity index (χ4n) is 2.38. The van der Waals surface area contributed by atoms with E-state index in [-0.39, 0.29) is 6.04 Å². The van der Waals surface area contributed by atoms with Gasteiger partial charge in [-0.2, -0.15) is 0 Å². The molecule has 1 heterocycles. The molecule has 0 aliphatic carbocycles. The molecule has 1 aromatic carbocycles. The molecular formula is C17H22N2O2. The second kappa shape index (κ2) is 7.09. The summed E-state index contributed by atoms with van der Waals surface area (Å²) < 4.78 is 10.7. The van der Waals surface area contributed by atoms with E-state index in [1.165, 1.54) is 5.56 Å². The predicted octanol–water partition coefficient (Wildman–Crippen LogP) is 2.91. The highest BCUT2D eigenvalue weighted by Gasteiger charge is 2.15. The van der Waals surface area contributed by atoms with Gasteiger partial charge in [-0.05, 0) is 43.3 Å². The number of likely N-dealkylation sites (N-methyl/N-ethyl adjacent to an activating group) is 1. The zero-order chi connectivity index (χ0) is 15.2. The van der Waals surface area contributed by atoms with Crippen LogP contribution in [0.5, 0.6) is 11.5 Å². The molecule has 112 valence electrons. The third-order valence-corrected chi connectivity index (χ3v) is 3.67. The number of hydrogen-bond acceptors (Lipinski definition) is 4. The van der Waals surface area contributed by atoms with Gasteiger partial charge in [-0.25, -0.2) is 0 Å². The van der Waals surface area contributed by atoms with E-state index in [9.17, 15) is 0 Å². The lowest BCUT2D eigenvalue weighted by atomic mass is 9.99. The first-order valence-corrected chi connectivity index (χ1v) is 6.99. The van der Waals surface area contributed by atoms with Crippen LogP contribution in [0.15, 0.2) is 36.5 Å². The predicted molar refractivity (Wildman–Crippen MR) is 84.0 cm³/mol. The molecule has 0 amide bonds. The van der Waals surface area contributed by atoms with E-state index in [1.807, 2.05) is 31.4 Å². The molecule has 1 atom stereocenters. The molecule has 21 heavy (non-hydrogen) atoms. The minimum absolute atomic E-state index is 0.179. The second-order valence-corrected chi connectivity index (χ2v) is 4.93. The van der Waals surface area contributed by atoms with Crippen LogP contribution >= 0.6 is 0 Å². The molecular weight excluding hydrogens is 264 g/mol. The number of aryl methyl sites for hydroxylation is 1. The quantitative estimate of drug-likeness (QED) is 0.886. The molecule has 0 aliphatic rings. The van der Waals surface area contributed by atoms with E-state index in [4.69, 9.17) is 9.47 Å². The minimum Gasteiger partial charge on any atom is -0.493 e. The third-order valence-electron chi connectivity index (χ3n) is 3.67. The summed E-state index contributed by atoms with van der Waals surface area (Å²) in [7, 11) is 5.25. The lowest BCUT2D eigenvalue weighted by Crippen LogP contribution is -2.20. The summed E-state index contributed by atoms with van der Waals surface area (Å²) in [5, 5.41) is 3.35. The lowest BCUT2D eigenvalue weighted by molar-refractivity contribution is 0.354. The van der Waals surface area contributed by atoms with Crippen LogP contribution in [-0.4, -0.2) is 26.3 Å². The second-order valence-electron chi connectivity index (χ2n) is 4.93. The number of methoxy groups -OCH3 is 2. The Morgan fingerprint density at radius 2 is 1.90 bits per heavy atom. The summed E-state index contributed by atoms with van der Waals surface area (Å²) in [5.41, 5.74) is 3.46. The van der Waals surface area contributed by atoms with Gasteiger partial charge >= 0.3 is 0 Å². The van der Waals surface area contributed by atoms with Gasteiger partial charge in [-0.1, -0.05) is 12.1 Å². The summed E-state index contributed by atoms with van der Waals surface area (Å²) in [6, 6.07) is 10.2. The maximum Gasteiger partial charge on any atom is 0.161 e. The van der Waals surface area contributed by atoms with Gasteiger partial charge in [0.05, 0.1) is 14.2 Å². The Bertz CT molecular complexity index is 599. The number of ether oxygens (including phenoxy) is 2. The molecule has 0 bridgehead atoms. The fraction of sp³-hybridized carbons (Fsp3) is 0.353. The van der Waals surface area contributed by atoms with Crippen LogP contribution in [0.3, 0.4) is 0 Å². The molecule has 0 saturated heterocycles. The van der Waals surface area contributed by atoms with Gasteiger partial charge in [0.1, 0.15) is 0 Å². The van der Waals surface area contributed by atoms with Gasteiger partial charge in [-0.15, -0.1) is 0 Å². The molecule has 0 saturated carbocycles. The van der Waals surface area contributed by atoms with Crippen LogP contribution in [0.1, 0.15) is 22.9 Å². The van der Waals surface area contributed by atoms with E-state index in [0.717, 1.165) is 29.2 Å². The molecule has 0 spiro atoms. The Hall–Kier alpha value is -2.07. The number of rotatable bonds is 6. The van der Waals surface area contributed by atoms with Crippen LogP contribution in [0, 0.1) is 6.92 Å². The topological polar surface area (TPSA) is 43.4 Å². The average Bonchev–Trinajstić information content (AvgIpc) is 2.53. The Labute approximate surface area is 126 Å². The monoisotopic (exact) mass is 286 g/mol. The first-order valence-electron chi connectivity index (χ1n) is 6.99. The summed E-state index contributed by atoms with van der Waals surface area (Å²) in [6.45, 7) is 2.09. The third kappa shape index (κ3) is 3.52. The molecule has 0 fully saturated rings. The molecule has 4 nitrogen and oxygen atoms in total. The first kappa shape index (κ1) is 15.3. The molecule has 1 N–H and O–H groups in total. The molecule has 2 rings (SSSR count). The smallest absolute Gasteiger partial charge is 0.161 e. The molecule has 2 aromatic rings. The maximum atomic E-state index is 5.38. The van der Waals surface area contributed by atoms with E-state index in [2.05, 4.69) is 29.4 Å². The van der Waals surface area contributed by atoms with Crippen molar-refractivity contribution in [1.29, 1.82) is 0 Å². The van der Waals surface area contributed by atoms with Gasteiger partial charge in [0.15, 0.2) is 11.5 Å². The van der Waals surface area contributed by atoms with E-state index < -0.39 is 0 Å². The number of nitrogens with one attached hydrogen (secondary N) is 1. The van der Waals surface area contributed by atoms with Gasteiger partial charge in [0.2, 0.25) is 0 Å². The fourth-order valence-corrected chi connectivity index (χ4v) is 2.38. The average molecular weight is 286 g/mol. The SMILES string of the molecule is CNC(Cc1ncccc1C)c1ccc(OC)c(OC)c1. The highest BCUT2D eigenvalue weighted by atomic mass is 16.5. The number of pyridine rings is 1. The zero-order valence-electron chi connectivity index (χ0n) is 13.0. The Morgan fingerprint density at radius 1 is 1.14 bits per heavy atom. The first-order chi connectivity index (χ1) is 10.2. The van der Waals surface area contributed by atoms with E-state index in [1.54, 1.807) is 14.2 Å². The molecule has 1 unspecified atom stereocenters. The molecule has 4 heteroatoms. The Morgan fingerprint density at radius 3 is 2.52 bits per heavy atom. The number of benzene rings is 1. The van der Waals surface area contributed by atoms with Crippen LogP contribution in [-0.2, 0) is 6.42 Å². The maximum absolute atomic E-state index is 5.38. The van der Waals surface area contributed by atoms with Crippen molar-refractivity contribution in [3.05, 3.63) is 53.3 Å². The van der Waals surface area contributed by atoms with Gasteiger partial charge in [-0.3, -0.25) is 4.98 Å². The highest BCUT2D eigenvalue weighted by molar-refractivity contribution is 5.44. The Kier molecular flexibility index (Phi) is 5.17. The normalized spacial score (nSPS) is 12.0. The molecule has 1 aromatic heterocycles. The van der Waals surface area contributed by atoms with Crippen molar-refractivity contribution in [3.8, 4) is 11.5 Å². The van der Waals surface area contributed by atoms with Crippen molar-refractivity contribution in [2.24, 2.45) is 0 Å². The van der Waals surface area contributed by atoms with Gasteiger partial charge in [0.25, 0.3) is 0 Å². The van der Waals surface area contributed by atoms with Gasteiger partial charge in [0, 0.05) is 24.4 Å². The van der Waals surface area contributed by atoms with Crippen LogP contribution in [0.2, 0.25) is 0 Å². The van der Waals surface area contributed by atoms with Crippen LogP contribution in [0.25, 0.3) is 0 Å². The van der Waals surface area contributed by atoms with E-state index >= 15 is 0 Å². The van der Waals surface area contributed by atoms with Crippen molar-refractivity contribution < 1.29 is 9.47 Å². The number of hydrogen-bond donors (Lipinski definition) is 1. The highest BCUT2D eigenvalue weighted by Crippen LogP contribution is 2.31. The van der Waals surface area contributed by atoms with Gasteiger partial charge < -0.3 is 14.8 Å². The zero-order valence-corrected chi connectivity index (χ0v) is 13.0. The van der Waals surface area contributed by atoms with Crippen LogP contribution in [0.4, 0.5) is 0 Å². The summed E-state index contributed by atoms with van der Waals surface area (Å²) in [4.78, 5) is 4.47. The molecule has 0 aliphatic heterocycles. The van der Waals surface area contributed by atoms with Crippen molar-refractivity contribution in [1.82, 2.24) is 10.3 Å². The Balaban J connectivity index is 2.27. The largest absolute Gasteiger partial charge is 0.493 e. The molecule has 0 radical (unpaired) electrons. The minimum atomic E-state index is 0.179. The van der Waals surface area contributed by atoms with E-state index in [0.29, 0.717) is 0 Å². The number of aromatic nitrogens is 1. The number of nitrogens with zero attached hydrogens (tertiary/aromatic N) is 1. The summed E-state index contributed by atoms with van der Waals surface area (Å²) in [5.74, 6) is 1.48. The lowest BCUT2D eigenvalue weighted by Gasteiger charge is -2.19. The van der Waals surface area contributed by atoms with Crippen molar-refractivity contribution >= 4 is 0 Å². The van der Waals surface area contributed by atoms with Crippen molar-refractivity contribution in [2.75, 3.05) is 21.3 Å². The van der Waals surface area contributed by atoms with Crippen molar-refractivity contribution in [2.45, 2.75) is 19.4 Å². The summed E-state index contributed by atoms with van der Waals surface area (Å²) in [6.07, 6.45) is 2.67. The van der Waals surface area contributed by atoms with Crippen LogP contribution < -0.4 is 14.8 Å². The van der Waals surface area contributed by atoms with Crippen molar-refractivity contribution in [3.63, 3.8) is 0 Å². The summed E-state index contributed by atoms with van der Waals surface area (Å²) >= 11 is 0.